The molecule has 0 fully saturated rings. The molecule has 0 aliphatic rings. The molecule has 110 valence electrons. The van der Waals surface area contributed by atoms with Crippen LogP contribution in [0, 0.1) is 5.82 Å². The summed E-state index contributed by atoms with van der Waals surface area (Å²) in [6.45, 7) is 4.38. The zero-order valence-electron chi connectivity index (χ0n) is 11.4. The molecule has 2 rings (SSSR count). The van der Waals surface area contributed by atoms with Crippen LogP contribution < -0.4 is 10.9 Å². The highest BCUT2D eigenvalue weighted by atomic mass is 35.5. The number of hydrogen-bond acceptors (Lipinski definition) is 3. The van der Waals surface area contributed by atoms with Crippen LogP contribution in [0.15, 0.2) is 47.9 Å². The van der Waals surface area contributed by atoms with Crippen molar-refractivity contribution in [1.82, 2.24) is 9.78 Å². The van der Waals surface area contributed by atoms with Gasteiger partial charge in [-0.05, 0) is 24.1 Å². The molecule has 1 aromatic carbocycles. The van der Waals surface area contributed by atoms with Gasteiger partial charge in [-0.15, -0.1) is 6.58 Å². The molecule has 0 unspecified atom stereocenters. The fraction of sp³-hybridized carbons (Fsp3) is 0.200. The standard InChI is InChI=1S/C15H15ClFN3O/c1-2-8-20-15(21)14(16)13(10-19-20)18-7-6-11-4-3-5-12(17)9-11/h2-5,9-10,18H,1,6-8H2. The van der Waals surface area contributed by atoms with Crippen LogP contribution in [-0.2, 0) is 13.0 Å². The van der Waals surface area contributed by atoms with Crippen molar-refractivity contribution in [2.24, 2.45) is 0 Å². The first-order valence-corrected chi connectivity index (χ1v) is 6.84. The van der Waals surface area contributed by atoms with Gasteiger partial charge in [0.15, 0.2) is 0 Å². The summed E-state index contributed by atoms with van der Waals surface area (Å²) in [6.07, 6.45) is 3.68. The Kier molecular flexibility index (Phi) is 5.11. The third kappa shape index (κ3) is 3.92. The van der Waals surface area contributed by atoms with Crippen molar-refractivity contribution in [3.8, 4) is 0 Å². The molecule has 6 heteroatoms. The zero-order valence-corrected chi connectivity index (χ0v) is 12.1. The number of aromatic nitrogens is 2. The van der Waals surface area contributed by atoms with Gasteiger partial charge in [-0.2, -0.15) is 5.10 Å². The molecule has 0 saturated carbocycles. The van der Waals surface area contributed by atoms with Crippen LogP contribution in [0.3, 0.4) is 0 Å². The minimum atomic E-state index is -0.368. The normalized spacial score (nSPS) is 10.4. The van der Waals surface area contributed by atoms with Crippen LogP contribution >= 0.6 is 11.6 Å². The van der Waals surface area contributed by atoms with Gasteiger partial charge in [-0.25, -0.2) is 9.07 Å². The van der Waals surface area contributed by atoms with Crippen molar-refractivity contribution >= 4 is 17.3 Å². The van der Waals surface area contributed by atoms with Gasteiger partial charge in [0.25, 0.3) is 5.56 Å². The monoisotopic (exact) mass is 307 g/mol. The lowest BCUT2D eigenvalue weighted by Crippen LogP contribution is -2.24. The van der Waals surface area contributed by atoms with Gasteiger partial charge < -0.3 is 5.32 Å². The van der Waals surface area contributed by atoms with E-state index in [0.29, 0.717) is 25.2 Å². The number of anilines is 1. The first kappa shape index (κ1) is 15.3. The van der Waals surface area contributed by atoms with Crippen LogP contribution in [0.5, 0.6) is 0 Å². The van der Waals surface area contributed by atoms with Gasteiger partial charge in [-0.3, -0.25) is 4.79 Å². The predicted molar refractivity (Wildman–Crippen MR) is 82.3 cm³/mol. The highest BCUT2D eigenvalue weighted by molar-refractivity contribution is 6.32. The molecule has 0 saturated heterocycles. The van der Waals surface area contributed by atoms with Gasteiger partial charge >= 0.3 is 0 Å². The van der Waals surface area contributed by atoms with E-state index in [9.17, 15) is 9.18 Å². The molecule has 1 aromatic heterocycles. The Labute approximate surface area is 126 Å². The second-order valence-corrected chi connectivity index (χ2v) is 4.83. The lowest BCUT2D eigenvalue weighted by atomic mass is 10.1. The van der Waals surface area contributed by atoms with E-state index in [1.807, 2.05) is 6.07 Å². The summed E-state index contributed by atoms with van der Waals surface area (Å²) < 4.78 is 14.3. The second-order valence-electron chi connectivity index (χ2n) is 4.45. The molecule has 1 N–H and O–H groups in total. The molecule has 0 atom stereocenters. The molecule has 21 heavy (non-hydrogen) atoms. The zero-order chi connectivity index (χ0) is 15.2. The van der Waals surface area contributed by atoms with Crippen molar-refractivity contribution in [3.05, 3.63) is 69.9 Å². The van der Waals surface area contributed by atoms with E-state index in [0.717, 1.165) is 5.56 Å². The summed E-state index contributed by atoms with van der Waals surface area (Å²) in [5.74, 6) is -0.265. The molecular weight excluding hydrogens is 293 g/mol. The average molecular weight is 308 g/mol. The summed E-state index contributed by atoms with van der Waals surface area (Å²) in [6, 6.07) is 6.38. The lowest BCUT2D eigenvalue weighted by molar-refractivity contribution is 0.625. The van der Waals surface area contributed by atoms with Crippen LogP contribution in [-0.4, -0.2) is 16.3 Å². The Hall–Kier alpha value is -2.14. The number of rotatable bonds is 6. The van der Waals surface area contributed by atoms with Gasteiger partial charge in [-0.1, -0.05) is 29.8 Å². The molecule has 0 aliphatic carbocycles. The first-order chi connectivity index (χ1) is 10.1. The summed E-state index contributed by atoms with van der Waals surface area (Å²) in [4.78, 5) is 11.9. The quantitative estimate of drug-likeness (QED) is 0.835. The van der Waals surface area contributed by atoms with E-state index in [4.69, 9.17) is 11.6 Å². The average Bonchev–Trinajstić information content (AvgIpc) is 2.47. The Balaban J connectivity index is 2.02. The molecular formula is C15H15ClFN3O. The van der Waals surface area contributed by atoms with Gasteiger partial charge in [0.2, 0.25) is 0 Å². The fourth-order valence-electron chi connectivity index (χ4n) is 1.87. The van der Waals surface area contributed by atoms with E-state index >= 15 is 0 Å². The second kappa shape index (κ2) is 7.04. The molecule has 0 amide bonds. The summed E-state index contributed by atoms with van der Waals surface area (Å²) in [7, 11) is 0. The number of benzene rings is 1. The molecule has 4 nitrogen and oxygen atoms in total. The molecule has 0 aliphatic heterocycles. The third-order valence-corrected chi connectivity index (χ3v) is 3.27. The maximum absolute atomic E-state index is 13.0. The molecule has 1 heterocycles. The Morgan fingerprint density at radius 1 is 1.48 bits per heavy atom. The number of nitrogens with one attached hydrogen (secondary N) is 1. The number of nitrogens with zero attached hydrogens (tertiary/aromatic N) is 2. The van der Waals surface area contributed by atoms with E-state index in [2.05, 4.69) is 17.0 Å². The fourth-order valence-corrected chi connectivity index (χ4v) is 2.09. The van der Waals surface area contributed by atoms with E-state index < -0.39 is 0 Å². The van der Waals surface area contributed by atoms with Crippen LogP contribution in [0.2, 0.25) is 5.02 Å². The summed E-state index contributed by atoms with van der Waals surface area (Å²) in [5.41, 5.74) is 0.970. The highest BCUT2D eigenvalue weighted by Gasteiger charge is 2.08. The van der Waals surface area contributed by atoms with Crippen molar-refractivity contribution in [3.63, 3.8) is 0 Å². The van der Waals surface area contributed by atoms with Gasteiger partial charge in [0.05, 0.1) is 18.4 Å². The topological polar surface area (TPSA) is 46.9 Å². The molecule has 0 spiro atoms. The summed E-state index contributed by atoms with van der Waals surface area (Å²) >= 11 is 6.01. The summed E-state index contributed by atoms with van der Waals surface area (Å²) in [5, 5.41) is 7.12. The van der Waals surface area contributed by atoms with Crippen LogP contribution in [0.4, 0.5) is 10.1 Å². The van der Waals surface area contributed by atoms with Crippen LogP contribution in [0.1, 0.15) is 5.56 Å². The lowest BCUT2D eigenvalue weighted by Gasteiger charge is -2.09. The van der Waals surface area contributed by atoms with Crippen molar-refractivity contribution in [2.45, 2.75) is 13.0 Å². The van der Waals surface area contributed by atoms with E-state index in [-0.39, 0.29) is 16.4 Å². The van der Waals surface area contributed by atoms with Gasteiger partial charge in [0, 0.05) is 6.54 Å². The Morgan fingerprint density at radius 2 is 2.29 bits per heavy atom. The maximum Gasteiger partial charge on any atom is 0.287 e. The smallest absolute Gasteiger partial charge is 0.287 e. The van der Waals surface area contributed by atoms with Crippen molar-refractivity contribution in [2.75, 3.05) is 11.9 Å². The predicted octanol–water partition coefficient (Wildman–Crippen LogP) is 2.88. The third-order valence-electron chi connectivity index (χ3n) is 2.91. The highest BCUT2D eigenvalue weighted by Crippen LogP contribution is 2.15. The van der Waals surface area contributed by atoms with Crippen molar-refractivity contribution < 1.29 is 4.39 Å². The number of hydrogen-bond donors (Lipinski definition) is 1. The number of halogens is 2. The first-order valence-electron chi connectivity index (χ1n) is 6.46. The van der Waals surface area contributed by atoms with Gasteiger partial charge in [0.1, 0.15) is 10.8 Å². The van der Waals surface area contributed by atoms with E-state index in [1.54, 1.807) is 12.1 Å². The molecule has 0 bridgehead atoms. The SMILES string of the molecule is C=CCn1ncc(NCCc2cccc(F)c2)c(Cl)c1=O. The molecule has 2 aromatic rings. The maximum atomic E-state index is 13.0. The van der Waals surface area contributed by atoms with Crippen LogP contribution in [0.25, 0.3) is 0 Å². The molecule has 0 radical (unpaired) electrons. The minimum Gasteiger partial charge on any atom is -0.382 e. The Bertz CT molecular complexity index is 700. The number of allylic oxidation sites excluding steroid dienone is 1. The minimum absolute atomic E-state index is 0.0890. The largest absolute Gasteiger partial charge is 0.382 e. The van der Waals surface area contributed by atoms with Crippen molar-refractivity contribution in [1.29, 1.82) is 0 Å². The Morgan fingerprint density at radius 3 is 3.00 bits per heavy atom. The van der Waals surface area contributed by atoms with E-state index in [1.165, 1.54) is 23.0 Å².